The molecule has 0 fully saturated rings. The zero-order valence-electron chi connectivity index (χ0n) is 12.0. The lowest BCUT2D eigenvalue weighted by Crippen LogP contribution is -2.35. The van der Waals surface area contributed by atoms with Crippen LogP contribution in [0.4, 0.5) is 26.3 Å². The smallest absolute Gasteiger partial charge is 0.227 e. The van der Waals surface area contributed by atoms with E-state index in [0.29, 0.717) is 6.07 Å². The molecule has 2 aromatic heterocycles. The first-order valence-electron chi connectivity index (χ1n) is 6.65. The van der Waals surface area contributed by atoms with Crippen LogP contribution in [-0.2, 0) is 5.92 Å². The topological polar surface area (TPSA) is 54.0 Å². The van der Waals surface area contributed by atoms with Gasteiger partial charge < -0.3 is 0 Å². The van der Waals surface area contributed by atoms with Crippen LogP contribution in [0.5, 0.6) is 0 Å². The first-order valence-corrected chi connectivity index (χ1v) is 6.65. The van der Waals surface area contributed by atoms with Gasteiger partial charge in [-0.2, -0.15) is 32.3 Å². The number of nitrogens with zero attached hydrogens (tertiary/aromatic N) is 4. The summed E-state index contributed by atoms with van der Waals surface area (Å²) in [7, 11) is 0. The van der Waals surface area contributed by atoms with Crippen molar-refractivity contribution in [2.24, 2.45) is 0 Å². The molecule has 0 spiro atoms. The number of hydrogen-bond acceptors (Lipinski definition) is 3. The van der Waals surface area contributed by atoms with Gasteiger partial charge in [-0.15, -0.1) is 0 Å². The fourth-order valence-electron chi connectivity index (χ4n) is 2.18. The van der Waals surface area contributed by atoms with Gasteiger partial charge in [0.15, 0.2) is 5.65 Å². The second kappa shape index (κ2) is 5.47. The first-order chi connectivity index (χ1) is 11.6. The monoisotopic (exact) mass is 356 g/mol. The molecule has 3 rings (SSSR count). The van der Waals surface area contributed by atoms with E-state index in [4.69, 9.17) is 5.26 Å². The van der Waals surface area contributed by atoms with Gasteiger partial charge in [0.05, 0.1) is 11.9 Å². The van der Waals surface area contributed by atoms with Crippen LogP contribution in [0, 0.1) is 17.1 Å². The molecule has 0 amide bonds. The summed E-state index contributed by atoms with van der Waals surface area (Å²) in [6.07, 6.45) is -5.03. The first kappa shape index (κ1) is 16.8. The average Bonchev–Trinajstić information content (AvgIpc) is 2.96. The molecule has 128 valence electrons. The van der Waals surface area contributed by atoms with Gasteiger partial charge >= 0.3 is 12.1 Å². The highest BCUT2D eigenvalue weighted by Gasteiger charge is 2.60. The molecule has 0 aliphatic carbocycles. The summed E-state index contributed by atoms with van der Waals surface area (Å²) in [5, 5.41) is 12.4. The molecule has 0 saturated heterocycles. The third-order valence-corrected chi connectivity index (χ3v) is 3.41. The van der Waals surface area contributed by atoms with Crippen LogP contribution < -0.4 is 0 Å². The summed E-state index contributed by atoms with van der Waals surface area (Å²) >= 11 is 0. The van der Waals surface area contributed by atoms with Crippen molar-refractivity contribution in [3.05, 3.63) is 53.6 Å². The Kier molecular flexibility index (Phi) is 3.67. The molecule has 0 aliphatic heterocycles. The van der Waals surface area contributed by atoms with Gasteiger partial charge in [-0.1, -0.05) is 0 Å². The summed E-state index contributed by atoms with van der Waals surface area (Å²) in [4.78, 5) is 3.92. The number of alkyl halides is 5. The zero-order chi connectivity index (χ0) is 18.4. The second-order valence-corrected chi connectivity index (χ2v) is 5.01. The minimum Gasteiger partial charge on any atom is -0.227 e. The Morgan fingerprint density at radius 1 is 1.04 bits per heavy atom. The van der Waals surface area contributed by atoms with Gasteiger partial charge in [-0.3, -0.25) is 0 Å². The molecule has 0 bridgehead atoms. The van der Waals surface area contributed by atoms with Crippen LogP contribution in [0.3, 0.4) is 0 Å². The number of nitriles is 1. The lowest BCUT2D eigenvalue weighted by atomic mass is 10.1. The predicted molar refractivity (Wildman–Crippen MR) is 73.0 cm³/mol. The van der Waals surface area contributed by atoms with Gasteiger partial charge in [0, 0.05) is 5.56 Å². The van der Waals surface area contributed by atoms with E-state index in [-0.39, 0.29) is 21.3 Å². The molecule has 1 aromatic carbocycles. The summed E-state index contributed by atoms with van der Waals surface area (Å²) in [6.45, 7) is 0. The molecule has 25 heavy (non-hydrogen) atoms. The number of halogens is 6. The Morgan fingerprint density at radius 3 is 2.24 bits per heavy atom. The van der Waals surface area contributed by atoms with Crippen molar-refractivity contribution >= 4 is 5.65 Å². The Bertz CT molecular complexity index is 982. The van der Waals surface area contributed by atoms with Crippen LogP contribution >= 0.6 is 0 Å². The molecule has 0 atom stereocenters. The van der Waals surface area contributed by atoms with Gasteiger partial charge in [0.1, 0.15) is 23.1 Å². The van der Waals surface area contributed by atoms with E-state index in [1.165, 1.54) is 12.1 Å². The number of benzene rings is 1. The highest BCUT2D eigenvalue weighted by atomic mass is 19.4. The Labute approximate surface area is 135 Å². The zero-order valence-corrected chi connectivity index (χ0v) is 12.0. The molecule has 0 N–H and O–H groups in total. The summed E-state index contributed by atoms with van der Waals surface area (Å²) < 4.78 is 79.5. The van der Waals surface area contributed by atoms with Crippen LogP contribution in [0.15, 0.2) is 36.5 Å². The van der Waals surface area contributed by atoms with Crippen molar-refractivity contribution in [2.45, 2.75) is 12.1 Å². The van der Waals surface area contributed by atoms with E-state index in [1.807, 2.05) is 0 Å². The summed E-state index contributed by atoms with van der Waals surface area (Å²) in [5.74, 6) is -5.85. The van der Waals surface area contributed by atoms with Crippen LogP contribution in [-0.4, -0.2) is 20.8 Å². The average molecular weight is 356 g/mol. The van der Waals surface area contributed by atoms with E-state index < -0.39 is 29.3 Å². The normalized spacial score (nSPS) is 12.4. The van der Waals surface area contributed by atoms with E-state index in [0.717, 1.165) is 18.3 Å². The molecular formula is C15H6F6N4. The second-order valence-electron chi connectivity index (χ2n) is 5.01. The summed E-state index contributed by atoms with van der Waals surface area (Å²) in [5.41, 5.74) is -2.39. The Morgan fingerprint density at radius 2 is 1.68 bits per heavy atom. The van der Waals surface area contributed by atoms with Crippen molar-refractivity contribution < 1.29 is 26.3 Å². The largest absolute Gasteiger partial charge is 0.459 e. The van der Waals surface area contributed by atoms with Crippen LogP contribution in [0.1, 0.15) is 11.3 Å². The fraction of sp³-hybridized carbons (Fsp3) is 0.133. The van der Waals surface area contributed by atoms with E-state index in [2.05, 4.69) is 10.1 Å². The number of aromatic nitrogens is 3. The van der Waals surface area contributed by atoms with E-state index >= 15 is 0 Å². The number of hydrogen-bond donors (Lipinski definition) is 0. The molecule has 0 radical (unpaired) electrons. The fourth-order valence-corrected chi connectivity index (χ4v) is 2.18. The molecule has 2 heterocycles. The van der Waals surface area contributed by atoms with Crippen LogP contribution in [0.2, 0.25) is 0 Å². The van der Waals surface area contributed by atoms with Crippen molar-refractivity contribution in [1.82, 2.24) is 14.6 Å². The van der Waals surface area contributed by atoms with E-state index in [9.17, 15) is 26.3 Å². The number of fused-ring (bicyclic) bond motifs is 1. The standard InChI is InChI=1S/C15H6F6N4/c16-10-3-1-8(2-4-10)11-5-12(14(17,18)15(19,20)21)25-13(24-11)9(6-22)7-23-25/h1-5,7H. The van der Waals surface area contributed by atoms with Crippen molar-refractivity contribution in [2.75, 3.05) is 0 Å². The van der Waals surface area contributed by atoms with Gasteiger partial charge in [-0.25, -0.2) is 13.9 Å². The highest BCUT2D eigenvalue weighted by Crippen LogP contribution is 2.44. The van der Waals surface area contributed by atoms with Gasteiger partial charge in [-0.05, 0) is 30.3 Å². The summed E-state index contributed by atoms with van der Waals surface area (Å²) in [6, 6.07) is 6.49. The minimum atomic E-state index is -5.87. The Hall–Kier alpha value is -3.09. The molecule has 3 aromatic rings. The highest BCUT2D eigenvalue weighted by molar-refractivity contribution is 5.65. The molecule has 0 unspecified atom stereocenters. The maximum absolute atomic E-state index is 13.9. The minimum absolute atomic E-state index is 0.105. The van der Waals surface area contributed by atoms with E-state index in [1.54, 1.807) is 6.07 Å². The van der Waals surface area contributed by atoms with Crippen LogP contribution in [0.25, 0.3) is 16.9 Å². The molecule has 0 aliphatic rings. The maximum atomic E-state index is 13.9. The van der Waals surface area contributed by atoms with Crippen molar-refractivity contribution in [3.63, 3.8) is 0 Å². The van der Waals surface area contributed by atoms with Gasteiger partial charge in [0.25, 0.3) is 0 Å². The maximum Gasteiger partial charge on any atom is 0.459 e. The molecule has 10 heteroatoms. The third-order valence-electron chi connectivity index (χ3n) is 3.41. The quantitative estimate of drug-likeness (QED) is 0.651. The molecular weight excluding hydrogens is 350 g/mol. The molecule has 4 nitrogen and oxygen atoms in total. The SMILES string of the molecule is N#Cc1cnn2c(C(F)(F)C(F)(F)F)cc(-c3ccc(F)cc3)nc12. The molecule has 0 saturated carbocycles. The van der Waals surface area contributed by atoms with Crippen molar-refractivity contribution in [1.29, 1.82) is 5.26 Å². The van der Waals surface area contributed by atoms with Crippen molar-refractivity contribution in [3.8, 4) is 17.3 Å². The Balaban J connectivity index is 2.34. The number of rotatable bonds is 2. The third kappa shape index (κ3) is 2.67. The lowest BCUT2D eigenvalue weighted by Gasteiger charge is -2.21. The lowest BCUT2D eigenvalue weighted by molar-refractivity contribution is -0.291. The van der Waals surface area contributed by atoms with Gasteiger partial charge in [0.2, 0.25) is 0 Å². The predicted octanol–water partition coefficient (Wildman–Crippen LogP) is 4.06.